The van der Waals surface area contributed by atoms with Gasteiger partial charge in [-0.15, -0.1) is 0 Å². The molecule has 0 aliphatic heterocycles. The van der Waals surface area contributed by atoms with E-state index in [0.29, 0.717) is 6.42 Å². The van der Waals surface area contributed by atoms with Crippen LogP contribution in [0.2, 0.25) is 0 Å². The highest BCUT2D eigenvalue weighted by atomic mass is 16.4. The van der Waals surface area contributed by atoms with Crippen molar-refractivity contribution in [3.63, 3.8) is 0 Å². The summed E-state index contributed by atoms with van der Waals surface area (Å²) in [5.41, 5.74) is 0.492. The molecule has 0 heterocycles. The predicted molar refractivity (Wildman–Crippen MR) is 69.1 cm³/mol. The third-order valence-electron chi connectivity index (χ3n) is 4.60. The number of carboxylic acid groups (broad SMARTS) is 1. The molecule has 0 unspecified atom stereocenters. The zero-order valence-electron chi connectivity index (χ0n) is 11.4. The highest BCUT2D eigenvalue weighted by Gasteiger charge is 2.57. The average molecular weight is 248 g/mol. The Morgan fingerprint density at radius 2 is 2.06 bits per heavy atom. The molecule has 0 aromatic rings. The molecule has 3 nitrogen and oxygen atoms in total. The second kappa shape index (κ2) is 3.81. The van der Waals surface area contributed by atoms with Crippen LogP contribution in [0.5, 0.6) is 0 Å². The number of carbonyl (C=O) groups excluding carboxylic acids is 1. The van der Waals surface area contributed by atoms with Crippen LogP contribution in [-0.4, -0.2) is 16.9 Å². The van der Waals surface area contributed by atoms with E-state index in [1.165, 1.54) is 0 Å². The van der Waals surface area contributed by atoms with Gasteiger partial charge in [-0.2, -0.15) is 0 Å². The number of rotatable bonds is 1. The normalized spacial score (nSPS) is 36.4. The van der Waals surface area contributed by atoms with E-state index >= 15 is 0 Å². The van der Waals surface area contributed by atoms with Gasteiger partial charge in [0.15, 0.2) is 0 Å². The number of carbonyl (C=O) groups is 2. The van der Waals surface area contributed by atoms with Crippen molar-refractivity contribution in [2.45, 2.75) is 40.5 Å². The van der Waals surface area contributed by atoms with E-state index in [2.05, 4.69) is 6.08 Å². The van der Waals surface area contributed by atoms with Crippen molar-refractivity contribution in [3.8, 4) is 0 Å². The number of allylic oxidation sites excluding steroid dienone is 3. The summed E-state index contributed by atoms with van der Waals surface area (Å²) in [6, 6.07) is 0. The molecule has 18 heavy (non-hydrogen) atoms. The molecule has 0 saturated heterocycles. The van der Waals surface area contributed by atoms with Gasteiger partial charge in [0, 0.05) is 17.8 Å². The summed E-state index contributed by atoms with van der Waals surface area (Å²) in [5, 5.41) is 9.63. The summed E-state index contributed by atoms with van der Waals surface area (Å²) in [7, 11) is 0. The van der Waals surface area contributed by atoms with E-state index in [-0.39, 0.29) is 18.1 Å². The first-order valence-corrected chi connectivity index (χ1v) is 6.36. The maximum atomic E-state index is 12.3. The van der Waals surface area contributed by atoms with Gasteiger partial charge in [-0.25, -0.2) is 0 Å². The molecule has 2 rings (SSSR count). The number of fused-ring (bicyclic) bond motifs is 2. The SMILES string of the molecule is CC=C1[C@H]2C=C(C)C[C@]1(C(=O)O)CC(=O)C2(C)C. The second-order valence-electron chi connectivity index (χ2n) is 6.12. The minimum Gasteiger partial charge on any atom is -0.481 e. The summed E-state index contributed by atoms with van der Waals surface area (Å²) < 4.78 is 0. The molecular formula is C15H20O3. The molecule has 2 aliphatic rings. The summed E-state index contributed by atoms with van der Waals surface area (Å²) in [6.45, 7) is 7.68. The molecule has 0 radical (unpaired) electrons. The minimum absolute atomic E-state index is 0.0595. The van der Waals surface area contributed by atoms with Crippen molar-refractivity contribution in [2.24, 2.45) is 16.7 Å². The summed E-state index contributed by atoms with van der Waals surface area (Å²) in [4.78, 5) is 24.0. The standard InChI is InChI=1S/C15H20O3/c1-5-10-11-6-9(2)7-15(10,13(17)18)8-12(16)14(11,3)4/h5-6,11H,7-8H2,1-4H3,(H,17,18)/t11-,15+/m1/s1. The Bertz CT molecular complexity index is 482. The van der Waals surface area contributed by atoms with Crippen molar-refractivity contribution < 1.29 is 14.7 Å². The fourth-order valence-corrected chi connectivity index (χ4v) is 3.48. The van der Waals surface area contributed by atoms with E-state index in [4.69, 9.17) is 0 Å². The van der Waals surface area contributed by atoms with Gasteiger partial charge < -0.3 is 5.11 Å². The minimum atomic E-state index is -0.995. The van der Waals surface area contributed by atoms with Crippen LogP contribution in [0.15, 0.2) is 23.3 Å². The number of aliphatic carboxylic acids is 1. The molecule has 98 valence electrons. The highest BCUT2D eigenvalue weighted by Crippen LogP contribution is 2.56. The molecule has 0 spiro atoms. The molecule has 2 bridgehead atoms. The van der Waals surface area contributed by atoms with Gasteiger partial charge in [0.05, 0.1) is 5.41 Å². The Balaban J connectivity index is 2.68. The molecule has 0 aromatic carbocycles. The Hall–Kier alpha value is -1.38. The topological polar surface area (TPSA) is 54.4 Å². The lowest BCUT2D eigenvalue weighted by molar-refractivity contribution is -0.154. The van der Waals surface area contributed by atoms with Crippen molar-refractivity contribution in [1.29, 1.82) is 0 Å². The van der Waals surface area contributed by atoms with Gasteiger partial charge in [-0.1, -0.05) is 31.6 Å². The van der Waals surface area contributed by atoms with Crippen LogP contribution < -0.4 is 0 Å². The summed E-state index contributed by atoms with van der Waals surface area (Å²) >= 11 is 0. The average Bonchev–Trinajstić information content (AvgIpc) is 2.26. The summed E-state index contributed by atoms with van der Waals surface area (Å²) in [5.74, 6) is -0.880. The number of ketones is 1. The molecule has 1 saturated carbocycles. The first-order valence-electron chi connectivity index (χ1n) is 6.36. The quantitative estimate of drug-likeness (QED) is 0.726. The van der Waals surface area contributed by atoms with Gasteiger partial charge in [-0.3, -0.25) is 9.59 Å². The lowest BCUT2D eigenvalue weighted by Gasteiger charge is -2.50. The molecule has 3 heteroatoms. The lowest BCUT2D eigenvalue weighted by atomic mass is 9.51. The second-order valence-corrected chi connectivity index (χ2v) is 6.12. The van der Waals surface area contributed by atoms with Crippen LogP contribution >= 0.6 is 0 Å². The Morgan fingerprint density at radius 1 is 1.44 bits per heavy atom. The van der Waals surface area contributed by atoms with Crippen LogP contribution in [0.1, 0.15) is 40.5 Å². The van der Waals surface area contributed by atoms with Crippen molar-refractivity contribution >= 4 is 11.8 Å². The molecule has 2 atom stereocenters. The van der Waals surface area contributed by atoms with Gasteiger partial charge in [-0.05, 0) is 25.8 Å². The largest absolute Gasteiger partial charge is 0.481 e. The van der Waals surface area contributed by atoms with Gasteiger partial charge in [0.2, 0.25) is 0 Å². The lowest BCUT2D eigenvalue weighted by Crippen LogP contribution is -2.52. The molecule has 1 fully saturated rings. The Kier molecular flexibility index (Phi) is 2.76. The monoisotopic (exact) mass is 248 g/mol. The third kappa shape index (κ3) is 1.49. The number of hydrogen-bond donors (Lipinski definition) is 1. The smallest absolute Gasteiger partial charge is 0.314 e. The van der Waals surface area contributed by atoms with Crippen LogP contribution in [0.25, 0.3) is 0 Å². The zero-order valence-corrected chi connectivity index (χ0v) is 11.4. The van der Waals surface area contributed by atoms with E-state index in [9.17, 15) is 14.7 Å². The van der Waals surface area contributed by atoms with Gasteiger partial charge in [0.1, 0.15) is 5.78 Å². The van der Waals surface area contributed by atoms with Crippen LogP contribution in [-0.2, 0) is 9.59 Å². The molecule has 1 N–H and O–H groups in total. The maximum Gasteiger partial charge on any atom is 0.314 e. The molecular weight excluding hydrogens is 228 g/mol. The Morgan fingerprint density at radius 3 is 2.56 bits per heavy atom. The zero-order chi connectivity index (χ0) is 13.7. The first kappa shape index (κ1) is 13.1. The van der Waals surface area contributed by atoms with Crippen LogP contribution in [0.3, 0.4) is 0 Å². The number of hydrogen-bond acceptors (Lipinski definition) is 2. The number of carboxylic acids is 1. The third-order valence-corrected chi connectivity index (χ3v) is 4.60. The van der Waals surface area contributed by atoms with Crippen molar-refractivity contribution in [3.05, 3.63) is 23.3 Å². The fraction of sp³-hybridized carbons (Fsp3) is 0.600. The Labute approximate surface area is 108 Å². The van der Waals surface area contributed by atoms with E-state index in [1.807, 2.05) is 33.8 Å². The van der Waals surface area contributed by atoms with E-state index in [0.717, 1.165) is 11.1 Å². The predicted octanol–water partition coefficient (Wildman–Crippen LogP) is 2.97. The van der Waals surface area contributed by atoms with Crippen molar-refractivity contribution in [1.82, 2.24) is 0 Å². The van der Waals surface area contributed by atoms with E-state index < -0.39 is 16.8 Å². The van der Waals surface area contributed by atoms with E-state index in [1.54, 1.807) is 0 Å². The van der Waals surface area contributed by atoms with Gasteiger partial charge >= 0.3 is 5.97 Å². The van der Waals surface area contributed by atoms with Crippen LogP contribution in [0, 0.1) is 16.7 Å². The van der Waals surface area contributed by atoms with Crippen molar-refractivity contribution in [2.75, 3.05) is 0 Å². The molecule has 2 aliphatic carbocycles. The number of Topliss-reactive ketones (excluding diaryl/α,β-unsaturated/α-hetero) is 1. The highest BCUT2D eigenvalue weighted by molar-refractivity contribution is 5.95. The fourth-order valence-electron chi connectivity index (χ4n) is 3.48. The maximum absolute atomic E-state index is 12.3. The van der Waals surface area contributed by atoms with Crippen LogP contribution in [0.4, 0.5) is 0 Å². The molecule has 0 amide bonds. The molecule has 0 aromatic heterocycles. The summed E-state index contributed by atoms with van der Waals surface area (Å²) in [6.07, 6.45) is 4.56. The van der Waals surface area contributed by atoms with Gasteiger partial charge in [0.25, 0.3) is 0 Å². The first-order chi connectivity index (χ1) is 8.25.